The Labute approximate surface area is 206 Å². The van der Waals surface area contributed by atoms with Gasteiger partial charge in [0.25, 0.3) is 5.91 Å². The molecule has 0 spiro atoms. The van der Waals surface area contributed by atoms with E-state index in [1.54, 1.807) is 0 Å². The summed E-state index contributed by atoms with van der Waals surface area (Å²) in [5.74, 6) is -1.19. The van der Waals surface area contributed by atoms with Gasteiger partial charge in [-0.25, -0.2) is 9.48 Å². The standard InChI is InChI=1S/C14H14N8O4S3.Na.H2/c1-6-17-18-14(29-6)28-4-7-3-27-12-9(11(24)22(12)10(7)13(25)26)16-8(23)2-21-5-15-19-20-21;;/h5,9,12H,2-4H2,1H3,(H,16,23)(H,25,26);;1H. The second kappa shape index (κ2) is 9.74. The Hall–Kier alpha value is -1.52. The number of carboxylic acids is 1. The summed E-state index contributed by atoms with van der Waals surface area (Å²) in [6, 6.07) is -0.779. The van der Waals surface area contributed by atoms with Crippen LogP contribution in [0.4, 0.5) is 0 Å². The molecule has 4 heterocycles. The first kappa shape index (κ1) is 23.1. The molecule has 0 aromatic carbocycles. The maximum absolute atomic E-state index is 12.6. The third kappa shape index (κ3) is 4.70. The number of carbonyl (C=O) groups is 3. The van der Waals surface area contributed by atoms with E-state index in [9.17, 15) is 19.5 Å². The second-order valence-electron chi connectivity index (χ2n) is 6.10. The van der Waals surface area contributed by atoms with Gasteiger partial charge in [0.2, 0.25) is 5.91 Å². The van der Waals surface area contributed by atoms with Crippen LogP contribution in [0.25, 0.3) is 0 Å². The molecule has 0 bridgehead atoms. The minimum Gasteiger partial charge on any atom is -0.477 e. The molecule has 2 aromatic heterocycles. The number of hydrogen-bond donors (Lipinski definition) is 2. The number of fused-ring (bicyclic) bond motifs is 1. The molecule has 1 radical (unpaired) electrons. The van der Waals surface area contributed by atoms with Crippen LogP contribution in [0.3, 0.4) is 0 Å². The van der Waals surface area contributed by atoms with Crippen LogP contribution >= 0.6 is 34.9 Å². The average Bonchev–Trinajstić information content (AvgIpc) is 3.35. The number of aliphatic carboxylic acids is 1. The number of nitrogens with zero attached hydrogens (tertiary/aromatic N) is 7. The van der Waals surface area contributed by atoms with E-state index in [4.69, 9.17) is 0 Å². The summed E-state index contributed by atoms with van der Waals surface area (Å²) in [5.41, 5.74) is 0.627. The average molecular weight is 480 g/mol. The number of amides is 2. The normalized spacial score (nSPS) is 20.3. The zero-order valence-corrected chi connectivity index (χ0v) is 20.3. The number of carboxylic acid groups (broad SMARTS) is 1. The van der Waals surface area contributed by atoms with Crippen LogP contribution in [-0.2, 0) is 20.9 Å². The summed E-state index contributed by atoms with van der Waals surface area (Å²) in [7, 11) is 0. The summed E-state index contributed by atoms with van der Waals surface area (Å²) >= 11 is 4.24. The third-order valence-electron chi connectivity index (χ3n) is 4.14. The molecular weight excluding hydrogens is 463 g/mol. The van der Waals surface area contributed by atoms with Gasteiger partial charge in [-0.1, -0.05) is 23.1 Å². The van der Waals surface area contributed by atoms with Gasteiger partial charge in [-0.15, -0.1) is 27.1 Å². The smallest absolute Gasteiger partial charge is 0.352 e. The molecule has 2 aliphatic heterocycles. The zero-order valence-electron chi connectivity index (χ0n) is 15.9. The molecule has 155 valence electrons. The van der Waals surface area contributed by atoms with Crippen molar-refractivity contribution in [2.75, 3.05) is 11.5 Å². The Morgan fingerprint density at radius 1 is 1.43 bits per heavy atom. The van der Waals surface area contributed by atoms with E-state index in [1.165, 1.54) is 50.8 Å². The summed E-state index contributed by atoms with van der Waals surface area (Å²) in [4.78, 5) is 37.8. The molecule has 0 saturated carbocycles. The number of tetrazole rings is 1. The Kier molecular flexibility index (Phi) is 7.52. The Bertz CT molecular complexity index is 1000. The summed E-state index contributed by atoms with van der Waals surface area (Å²) in [6.45, 7) is 1.72. The number of β-lactam (4-membered cyclic amide) rings is 1. The Balaban J connectivity index is 0.00000171. The summed E-state index contributed by atoms with van der Waals surface area (Å²) in [5, 5.41) is 31.1. The number of rotatable bonds is 7. The predicted molar refractivity (Wildman–Crippen MR) is 111 cm³/mol. The monoisotopic (exact) mass is 479 g/mol. The Morgan fingerprint density at radius 3 is 2.87 bits per heavy atom. The minimum atomic E-state index is -1.16. The van der Waals surface area contributed by atoms with Gasteiger partial charge in [0.1, 0.15) is 35.0 Å². The first-order valence-electron chi connectivity index (χ1n) is 8.27. The van der Waals surface area contributed by atoms with Crippen molar-refractivity contribution in [3.63, 3.8) is 0 Å². The molecule has 2 N–H and O–H groups in total. The predicted octanol–water partition coefficient (Wildman–Crippen LogP) is -0.771. The van der Waals surface area contributed by atoms with Gasteiger partial charge in [-0.05, 0) is 22.9 Å². The van der Waals surface area contributed by atoms with E-state index in [2.05, 4.69) is 31.0 Å². The molecule has 2 atom stereocenters. The molecule has 2 aliphatic rings. The zero-order chi connectivity index (χ0) is 20.5. The largest absolute Gasteiger partial charge is 0.477 e. The number of aryl methyl sites for hydroxylation is 1. The Morgan fingerprint density at radius 2 is 2.23 bits per heavy atom. The quantitative estimate of drug-likeness (QED) is 0.292. The fourth-order valence-electron chi connectivity index (χ4n) is 2.90. The maximum Gasteiger partial charge on any atom is 0.352 e. The second-order valence-corrected chi connectivity index (χ2v) is 9.60. The van der Waals surface area contributed by atoms with Crippen molar-refractivity contribution in [3.05, 3.63) is 22.6 Å². The molecule has 1 fully saturated rings. The van der Waals surface area contributed by atoms with E-state index in [-0.39, 0.29) is 43.2 Å². The minimum absolute atomic E-state index is 0. The topological polar surface area (TPSA) is 156 Å². The van der Waals surface area contributed by atoms with Crippen molar-refractivity contribution < 1.29 is 20.9 Å². The molecule has 0 aliphatic carbocycles. The number of hydrogen-bond acceptors (Lipinski definition) is 11. The number of thioether (sulfide) groups is 2. The van der Waals surface area contributed by atoms with Crippen molar-refractivity contribution in [3.8, 4) is 0 Å². The first-order chi connectivity index (χ1) is 13.9. The van der Waals surface area contributed by atoms with E-state index < -0.39 is 29.2 Å². The van der Waals surface area contributed by atoms with E-state index in [1.807, 2.05) is 6.92 Å². The van der Waals surface area contributed by atoms with Crippen LogP contribution in [0.2, 0.25) is 0 Å². The molecular formula is C14H16N8NaO4S3. The molecule has 12 nitrogen and oxygen atoms in total. The van der Waals surface area contributed by atoms with Crippen LogP contribution in [-0.4, -0.2) is 111 Å². The van der Waals surface area contributed by atoms with Gasteiger partial charge < -0.3 is 10.4 Å². The summed E-state index contributed by atoms with van der Waals surface area (Å²) < 4.78 is 1.98. The van der Waals surface area contributed by atoms with Crippen LogP contribution in [0.1, 0.15) is 6.43 Å². The van der Waals surface area contributed by atoms with Gasteiger partial charge in [-0.2, -0.15) is 0 Å². The molecule has 1 saturated heterocycles. The number of aromatic nitrogens is 6. The molecule has 2 unspecified atom stereocenters. The van der Waals surface area contributed by atoms with Crippen molar-refractivity contribution in [2.45, 2.75) is 29.2 Å². The van der Waals surface area contributed by atoms with Crippen molar-refractivity contribution in [1.82, 2.24) is 40.6 Å². The van der Waals surface area contributed by atoms with Gasteiger partial charge >= 0.3 is 5.97 Å². The molecule has 30 heavy (non-hydrogen) atoms. The van der Waals surface area contributed by atoms with Gasteiger partial charge in [-0.3, -0.25) is 14.5 Å². The fourth-order valence-corrected chi connectivity index (χ4v) is 6.20. The number of nitrogens with one attached hydrogen (secondary N) is 1. The van der Waals surface area contributed by atoms with Crippen LogP contribution in [0.15, 0.2) is 21.9 Å². The van der Waals surface area contributed by atoms with E-state index in [0.29, 0.717) is 17.1 Å². The number of carbonyl (C=O) groups excluding carboxylic acids is 2. The van der Waals surface area contributed by atoms with Crippen LogP contribution in [0.5, 0.6) is 0 Å². The molecule has 16 heteroatoms. The van der Waals surface area contributed by atoms with E-state index in [0.717, 1.165) is 9.35 Å². The SMILES string of the molecule is Cc1nnc(SCC2=C(C(=O)O)N3C(=O)C(NC(=O)Cn4cnnn4)C3SC2)s1.[HH].[Na]. The van der Waals surface area contributed by atoms with Crippen molar-refractivity contribution in [2.24, 2.45) is 0 Å². The third-order valence-corrected chi connectivity index (χ3v) is 7.54. The van der Waals surface area contributed by atoms with Crippen LogP contribution < -0.4 is 5.32 Å². The van der Waals surface area contributed by atoms with Crippen molar-refractivity contribution in [1.29, 1.82) is 0 Å². The summed E-state index contributed by atoms with van der Waals surface area (Å²) in [6.07, 6.45) is 1.29. The maximum atomic E-state index is 12.6. The molecule has 2 amide bonds. The fraction of sp³-hybridized carbons (Fsp3) is 0.429. The molecule has 2 aromatic rings. The van der Waals surface area contributed by atoms with Crippen molar-refractivity contribution >= 4 is 82.2 Å². The van der Waals surface area contributed by atoms with E-state index >= 15 is 0 Å². The van der Waals surface area contributed by atoms with Gasteiger partial charge in [0, 0.05) is 42.5 Å². The van der Waals surface area contributed by atoms with Gasteiger partial charge in [0.05, 0.1) is 0 Å². The molecule has 4 rings (SSSR count). The first-order valence-corrected chi connectivity index (χ1v) is 11.1. The van der Waals surface area contributed by atoms with Gasteiger partial charge in [0.15, 0.2) is 4.34 Å². The van der Waals surface area contributed by atoms with Crippen LogP contribution in [0, 0.1) is 6.92 Å².